The first-order valence-corrected chi connectivity index (χ1v) is 8.64. The Bertz CT molecular complexity index is 379. The van der Waals surface area contributed by atoms with Crippen LogP contribution in [0.3, 0.4) is 0 Å². The van der Waals surface area contributed by atoms with E-state index in [-0.39, 0.29) is 0 Å². The van der Waals surface area contributed by atoms with Crippen molar-refractivity contribution in [2.75, 3.05) is 0 Å². The van der Waals surface area contributed by atoms with Crippen LogP contribution in [-0.4, -0.2) is 0 Å². The highest BCUT2D eigenvalue weighted by Crippen LogP contribution is 2.46. The first-order chi connectivity index (χ1) is 9.69. The Morgan fingerprint density at radius 3 is 2.55 bits per heavy atom. The lowest BCUT2D eigenvalue weighted by Crippen LogP contribution is -2.08. The van der Waals surface area contributed by atoms with E-state index in [1.54, 1.807) is 5.57 Å². The molecule has 20 heavy (non-hydrogen) atoms. The molecule has 0 heteroatoms. The summed E-state index contributed by atoms with van der Waals surface area (Å²) in [4.78, 5) is 0. The topological polar surface area (TPSA) is 0 Å². The maximum atomic E-state index is 2.49. The Morgan fingerprint density at radius 2 is 1.95 bits per heavy atom. The molecule has 3 unspecified atom stereocenters. The van der Waals surface area contributed by atoms with Gasteiger partial charge in [0.1, 0.15) is 0 Å². The first-order valence-electron chi connectivity index (χ1n) is 8.64. The van der Waals surface area contributed by atoms with Gasteiger partial charge < -0.3 is 0 Å². The van der Waals surface area contributed by atoms with E-state index in [2.05, 4.69) is 45.1 Å². The van der Waals surface area contributed by atoms with Gasteiger partial charge in [0.05, 0.1) is 0 Å². The molecule has 0 N–H and O–H groups in total. The summed E-state index contributed by atoms with van der Waals surface area (Å²) < 4.78 is 0. The maximum absolute atomic E-state index is 2.49. The number of hydrogen-bond acceptors (Lipinski definition) is 0. The fourth-order valence-electron chi connectivity index (χ4n) is 3.89. The van der Waals surface area contributed by atoms with Gasteiger partial charge in [-0.2, -0.15) is 0 Å². The molecular formula is C20H32. The molecule has 0 nitrogen and oxygen atoms in total. The summed E-state index contributed by atoms with van der Waals surface area (Å²) in [6.07, 6.45) is 20.7. The van der Waals surface area contributed by atoms with Crippen LogP contribution in [0.2, 0.25) is 0 Å². The third-order valence-corrected chi connectivity index (χ3v) is 5.10. The molecule has 0 aromatic heterocycles. The zero-order chi connectivity index (χ0) is 14.4. The summed E-state index contributed by atoms with van der Waals surface area (Å²) >= 11 is 0. The van der Waals surface area contributed by atoms with Gasteiger partial charge in [-0.05, 0) is 83.5 Å². The Labute approximate surface area is 126 Å². The van der Waals surface area contributed by atoms with E-state index < -0.39 is 0 Å². The van der Waals surface area contributed by atoms with E-state index in [1.807, 2.05) is 0 Å². The molecule has 2 aliphatic carbocycles. The maximum Gasteiger partial charge on any atom is -0.0196 e. The van der Waals surface area contributed by atoms with Crippen LogP contribution in [0.4, 0.5) is 0 Å². The van der Waals surface area contributed by atoms with E-state index in [9.17, 15) is 0 Å². The molecule has 3 atom stereocenters. The molecule has 0 saturated heterocycles. The van der Waals surface area contributed by atoms with Crippen LogP contribution in [0.1, 0.15) is 72.1 Å². The molecular weight excluding hydrogens is 240 g/mol. The number of unbranched alkanes of at least 4 members (excludes halogenated alkanes) is 3. The highest BCUT2D eigenvalue weighted by molar-refractivity contribution is 5.13. The number of rotatable bonds is 8. The molecule has 0 radical (unpaired) electrons. The van der Waals surface area contributed by atoms with Crippen LogP contribution in [0.15, 0.2) is 35.5 Å². The average Bonchev–Trinajstić information content (AvgIpc) is 3.03. The van der Waals surface area contributed by atoms with Crippen molar-refractivity contribution >= 4 is 0 Å². The predicted octanol–water partition coefficient (Wildman–Crippen LogP) is 6.45. The highest BCUT2D eigenvalue weighted by atomic mass is 14.4. The molecule has 0 spiro atoms. The second kappa shape index (κ2) is 7.86. The minimum absolute atomic E-state index is 0.910. The average molecular weight is 272 g/mol. The lowest BCUT2D eigenvalue weighted by Gasteiger charge is -2.19. The number of hydrogen-bond donors (Lipinski definition) is 0. The van der Waals surface area contributed by atoms with Crippen molar-refractivity contribution in [3.05, 3.63) is 35.5 Å². The standard InChI is InChI=1S/C20H32/c1-4-17(10-8-6-5-7-9-16(2)3)13-20-15-18-11-12-19(20)14-18/h4,9,11-12,18-20H,5-8,10,13-15H2,1-3H3. The summed E-state index contributed by atoms with van der Waals surface area (Å²) in [5, 5.41) is 0. The van der Waals surface area contributed by atoms with E-state index in [1.165, 1.54) is 56.9 Å². The molecule has 0 aliphatic heterocycles. The molecule has 0 aromatic rings. The van der Waals surface area contributed by atoms with Crippen molar-refractivity contribution in [2.45, 2.75) is 72.1 Å². The Hall–Kier alpha value is -0.780. The lowest BCUT2D eigenvalue weighted by molar-refractivity contribution is 0.436. The SMILES string of the molecule is CC=C(CCCCCC=C(C)C)CC1CC2C=CC1C2. The lowest BCUT2D eigenvalue weighted by atomic mass is 9.86. The van der Waals surface area contributed by atoms with Crippen molar-refractivity contribution < 1.29 is 0 Å². The van der Waals surface area contributed by atoms with Crippen LogP contribution < -0.4 is 0 Å². The first kappa shape index (κ1) is 15.6. The molecule has 1 fully saturated rings. The minimum Gasteiger partial charge on any atom is -0.0884 e. The second-order valence-electron chi connectivity index (χ2n) is 7.07. The summed E-state index contributed by atoms with van der Waals surface area (Å²) in [5.74, 6) is 2.79. The molecule has 0 heterocycles. The quantitative estimate of drug-likeness (QED) is 0.352. The normalized spacial score (nSPS) is 28.1. The smallest absolute Gasteiger partial charge is 0.0196 e. The predicted molar refractivity (Wildman–Crippen MR) is 89.7 cm³/mol. The van der Waals surface area contributed by atoms with Gasteiger partial charge in [-0.25, -0.2) is 0 Å². The summed E-state index contributed by atoms with van der Waals surface area (Å²) in [7, 11) is 0. The van der Waals surface area contributed by atoms with Crippen LogP contribution >= 0.6 is 0 Å². The summed E-state index contributed by atoms with van der Waals surface area (Å²) in [6, 6.07) is 0. The van der Waals surface area contributed by atoms with Crippen LogP contribution in [0.5, 0.6) is 0 Å². The summed E-state index contributed by atoms with van der Waals surface area (Å²) in [5.41, 5.74) is 3.18. The largest absolute Gasteiger partial charge is 0.0884 e. The van der Waals surface area contributed by atoms with Crippen molar-refractivity contribution in [3.8, 4) is 0 Å². The van der Waals surface area contributed by atoms with Gasteiger partial charge in [-0.3, -0.25) is 0 Å². The number of allylic oxidation sites excluding steroid dienone is 6. The fourth-order valence-corrected chi connectivity index (χ4v) is 3.89. The van der Waals surface area contributed by atoms with Crippen molar-refractivity contribution in [2.24, 2.45) is 17.8 Å². The highest BCUT2D eigenvalue weighted by Gasteiger charge is 2.35. The van der Waals surface area contributed by atoms with Gasteiger partial charge in [0.2, 0.25) is 0 Å². The zero-order valence-corrected chi connectivity index (χ0v) is 13.7. The van der Waals surface area contributed by atoms with E-state index >= 15 is 0 Å². The monoisotopic (exact) mass is 272 g/mol. The molecule has 0 aromatic carbocycles. The summed E-state index contributed by atoms with van der Waals surface area (Å²) in [6.45, 7) is 6.63. The second-order valence-corrected chi connectivity index (χ2v) is 7.07. The Balaban J connectivity index is 1.61. The Kier molecular flexibility index (Phi) is 6.13. The molecule has 2 rings (SSSR count). The molecule has 0 amide bonds. The van der Waals surface area contributed by atoms with Crippen LogP contribution in [0.25, 0.3) is 0 Å². The number of fused-ring (bicyclic) bond motifs is 2. The molecule has 112 valence electrons. The fraction of sp³-hybridized carbons (Fsp3) is 0.700. The van der Waals surface area contributed by atoms with Gasteiger partial charge in [0, 0.05) is 0 Å². The van der Waals surface area contributed by atoms with Crippen molar-refractivity contribution in [3.63, 3.8) is 0 Å². The molecule has 2 bridgehead atoms. The van der Waals surface area contributed by atoms with Gasteiger partial charge in [-0.15, -0.1) is 0 Å². The zero-order valence-electron chi connectivity index (χ0n) is 13.7. The van der Waals surface area contributed by atoms with Crippen molar-refractivity contribution in [1.82, 2.24) is 0 Å². The van der Waals surface area contributed by atoms with Crippen LogP contribution in [0, 0.1) is 17.8 Å². The third kappa shape index (κ3) is 4.65. The van der Waals surface area contributed by atoms with Gasteiger partial charge in [0.25, 0.3) is 0 Å². The van der Waals surface area contributed by atoms with Crippen molar-refractivity contribution in [1.29, 1.82) is 0 Å². The Morgan fingerprint density at radius 1 is 1.10 bits per heavy atom. The van der Waals surface area contributed by atoms with Crippen LogP contribution in [-0.2, 0) is 0 Å². The van der Waals surface area contributed by atoms with E-state index in [4.69, 9.17) is 0 Å². The van der Waals surface area contributed by atoms with Gasteiger partial charge >= 0.3 is 0 Å². The van der Waals surface area contributed by atoms with Gasteiger partial charge in [0.15, 0.2) is 0 Å². The van der Waals surface area contributed by atoms with E-state index in [0.717, 1.165) is 17.8 Å². The van der Waals surface area contributed by atoms with Gasteiger partial charge in [-0.1, -0.05) is 41.9 Å². The minimum atomic E-state index is 0.910. The third-order valence-electron chi connectivity index (χ3n) is 5.10. The molecule has 2 aliphatic rings. The van der Waals surface area contributed by atoms with E-state index in [0.29, 0.717) is 0 Å². The molecule has 1 saturated carbocycles.